The lowest BCUT2D eigenvalue weighted by Gasteiger charge is -2.27. The van der Waals surface area contributed by atoms with Crippen molar-refractivity contribution in [2.75, 3.05) is 13.2 Å². The largest absolute Gasteiger partial charge is 0.490 e. The third-order valence-corrected chi connectivity index (χ3v) is 4.84. The van der Waals surface area contributed by atoms with Crippen LogP contribution in [0.3, 0.4) is 0 Å². The van der Waals surface area contributed by atoms with Crippen molar-refractivity contribution in [2.24, 2.45) is 0 Å². The van der Waals surface area contributed by atoms with Crippen molar-refractivity contribution in [2.45, 2.75) is 24.3 Å². The average molecular weight is 334 g/mol. The zero-order valence-corrected chi connectivity index (χ0v) is 13.5. The lowest BCUT2D eigenvalue weighted by molar-refractivity contribution is 0.216. The highest BCUT2D eigenvalue weighted by Crippen LogP contribution is 2.22. The molecule has 7 heteroatoms. The Balaban J connectivity index is 1.69. The van der Waals surface area contributed by atoms with Gasteiger partial charge in [-0.1, -0.05) is 17.7 Å². The molecule has 23 heavy (non-hydrogen) atoms. The van der Waals surface area contributed by atoms with E-state index < -0.39 is 10.1 Å². The van der Waals surface area contributed by atoms with Crippen LogP contribution in [-0.4, -0.2) is 32.6 Å². The Bertz CT molecular complexity index is 771. The number of nitrogens with zero attached hydrogens (tertiary/aromatic N) is 1. The van der Waals surface area contributed by atoms with E-state index in [1.165, 1.54) is 30.6 Å². The summed E-state index contributed by atoms with van der Waals surface area (Å²) in [6.07, 6.45) is 3.95. The van der Waals surface area contributed by atoms with E-state index in [1.54, 1.807) is 12.1 Å². The van der Waals surface area contributed by atoms with Gasteiger partial charge in [-0.2, -0.15) is 8.42 Å². The van der Waals surface area contributed by atoms with Gasteiger partial charge in [0.15, 0.2) is 5.75 Å². The Morgan fingerprint density at radius 3 is 2.57 bits per heavy atom. The van der Waals surface area contributed by atoms with Crippen LogP contribution in [0.2, 0.25) is 0 Å². The first-order chi connectivity index (χ1) is 11.0. The molecule has 0 spiro atoms. The van der Waals surface area contributed by atoms with E-state index in [-0.39, 0.29) is 10.6 Å². The number of pyridine rings is 1. The van der Waals surface area contributed by atoms with Gasteiger partial charge in [-0.05, 0) is 32.0 Å². The van der Waals surface area contributed by atoms with Gasteiger partial charge >= 0.3 is 10.1 Å². The van der Waals surface area contributed by atoms with Crippen molar-refractivity contribution in [3.63, 3.8) is 0 Å². The molecule has 1 aliphatic heterocycles. The first-order valence-corrected chi connectivity index (χ1v) is 8.76. The smallest absolute Gasteiger partial charge is 0.339 e. The van der Waals surface area contributed by atoms with Gasteiger partial charge in [-0.15, -0.1) is 0 Å². The second-order valence-corrected chi connectivity index (χ2v) is 7.00. The second-order valence-electron chi connectivity index (χ2n) is 5.46. The highest BCUT2D eigenvalue weighted by Gasteiger charge is 2.18. The molecule has 1 saturated heterocycles. The fraction of sp³-hybridized carbons (Fsp3) is 0.312. The SMILES string of the molecule is Cc1ccc(S(=O)(=O)Oc2cncc(OC[C@@H]3CCN3)c2)cc1. The molecular formula is C16H18N2O4S. The number of hydrogen-bond donors (Lipinski definition) is 1. The normalized spacial score (nSPS) is 17.3. The first kappa shape index (κ1) is 15.8. The minimum atomic E-state index is -3.88. The number of rotatable bonds is 6. The highest BCUT2D eigenvalue weighted by molar-refractivity contribution is 7.87. The lowest BCUT2D eigenvalue weighted by atomic mass is 10.1. The molecule has 0 saturated carbocycles. The Labute approximate surface area is 135 Å². The molecule has 6 nitrogen and oxygen atoms in total. The van der Waals surface area contributed by atoms with Gasteiger partial charge in [0.2, 0.25) is 0 Å². The second kappa shape index (κ2) is 6.55. The fourth-order valence-corrected chi connectivity index (χ4v) is 3.00. The maximum absolute atomic E-state index is 12.2. The maximum Gasteiger partial charge on any atom is 0.339 e. The summed E-state index contributed by atoms with van der Waals surface area (Å²) in [4.78, 5) is 4.07. The fourth-order valence-electron chi connectivity index (χ4n) is 2.09. The highest BCUT2D eigenvalue weighted by atomic mass is 32.2. The summed E-state index contributed by atoms with van der Waals surface area (Å²) in [5, 5.41) is 3.22. The molecule has 0 bridgehead atoms. The van der Waals surface area contributed by atoms with Crippen molar-refractivity contribution in [3.05, 3.63) is 48.3 Å². The Hall–Kier alpha value is -2.12. The van der Waals surface area contributed by atoms with Crippen molar-refractivity contribution in [1.82, 2.24) is 10.3 Å². The minimum Gasteiger partial charge on any atom is -0.490 e. The Morgan fingerprint density at radius 1 is 1.22 bits per heavy atom. The summed E-state index contributed by atoms with van der Waals surface area (Å²) in [6, 6.07) is 8.34. The number of benzene rings is 1. The van der Waals surface area contributed by atoms with Crippen LogP contribution in [0.15, 0.2) is 47.6 Å². The maximum atomic E-state index is 12.2. The van der Waals surface area contributed by atoms with Crippen molar-refractivity contribution in [1.29, 1.82) is 0 Å². The van der Waals surface area contributed by atoms with E-state index >= 15 is 0 Å². The summed E-state index contributed by atoms with van der Waals surface area (Å²) in [7, 11) is -3.88. The molecular weight excluding hydrogens is 316 g/mol. The van der Waals surface area contributed by atoms with Gasteiger partial charge < -0.3 is 14.2 Å². The summed E-state index contributed by atoms with van der Waals surface area (Å²) >= 11 is 0. The quantitative estimate of drug-likeness (QED) is 0.813. The molecule has 3 rings (SSSR count). The van der Waals surface area contributed by atoms with Crippen LogP contribution in [0.25, 0.3) is 0 Å². The third kappa shape index (κ3) is 4.00. The lowest BCUT2D eigenvalue weighted by Crippen LogP contribution is -2.46. The van der Waals surface area contributed by atoms with Crippen LogP contribution < -0.4 is 14.2 Å². The summed E-state index contributed by atoms with van der Waals surface area (Å²) < 4.78 is 35.2. The molecule has 1 aromatic heterocycles. The van der Waals surface area contributed by atoms with Gasteiger partial charge in [0.05, 0.1) is 12.4 Å². The van der Waals surface area contributed by atoms with E-state index in [9.17, 15) is 8.42 Å². The predicted molar refractivity (Wildman–Crippen MR) is 85.1 cm³/mol. The van der Waals surface area contributed by atoms with Crippen LogP contribution in [-0.2, 0) is 10.1 Å². The molecule has 1 fully saturated rings. The van der Waals surface area contributed by atoms with Crippen molar-refractivity contribution >= 4 is 10.1 Å². The van der Waals surface area contributed by atoms with Gasteiger partial charge in [0, 0.05) is 12.1 Å². The molecule has 2 heterocycles. The van der Waals surface area contributed by atoms with Crippen molar-refractivity contribution in [3.8, 4) is 11.5 Å². The number of ether oxygens (including phenoxy) is 1. The molecule has 1 aromatic carbocycles. The molecule has 0 amide bonds. The third-order valence-electron chi connectivity index (χ3n) is 3.58. The summed E-state index contributed by atoms with van der Waals surface area (Å²) in [6.45, 7) is 3.42. The Kier molecular flexibility index (Phi) is 4.49. The predicted octanol–water partition coefficient (Wildman–Crippen LogP) is 1.90. The molecule has 1 atom stereocenters. The molecule has 0 unspecified atom stereocenters. The van der Waals surface area contributed by atoms with Crippen LogP contribution in [0.1, 0.15) is 12.0 Å². The van der Waals surface area contributed by atoms with E-state index in [0.29, 0.717) is 18.4 Å². The van der Waals surface area contributed by atoms with Gasteiger partial charge in [-0.3, -0.25) is 4.98 Å². The van der Waals surface area contributed by atoms with E-state index in [0.717, 1.165) is 18.5 Å². The number of aromatic nitrogens is 1. The standard InChI is InChI=1S/C16H18N2O4S/c1-12-2-4-16(5-3-12)23(19,20)22-15-8-14(9-17-10-15)21-11-13-6-7-18-13/h2-5,8-10,13,18H,6-7,11H2,1H3/t13-/m0/s1. The summed E-state index contributed by atoms with van der Waals surface area (Å²) in [5.41, 5.74) is 0.977. The molecule has 0 radical (unpaired) electrons. The Morgan fingerprint density at radius 2 is 1.91 bits per heavy atom. The zero-order valence-electron chi connectivity index (χ0n) is 12.7. The van der Waals surface area contributed by atoms with E-state index in [1.807, 2.05) is 6.92 Å². The first-order valence-electron chi connectivity index (χ1n) is 7.35. The van der Waals surface area contributed by atoms with Gasteiger partial charge in [-0.25, -0.2) is 0 Å². The number of aryl methyl sites for hydroxylation is 1. The van der Waals surface area contributed by atoms with Crippen LogP contribution in [0.4, 0.5) is 0 Å². The summed E-state index contributed by atoms with van der Waals surface area (Å²) in [5.74, 6) is 0.611. The van der Waals surface area contributed by atoms with Crippen LogP contribution in [0, 0.1) is 6.92 Å². The topological polar surface area (TPSA) is 77.5 Å². The zero-order chi connectivity index (χ0) is 16.3. The van der Waals surface area contributed by atoms with Gasteiger partial charge in [0.1, 0.15) is 17.3 Å². The van der Waals surface area contributed by atoms with Gasteiger partial charge in [0.25, 0.3) is 0 Å². The van der Waals surface area contributed by atoms with Crippen molar-refractivity contribution < 1.29 is 17.3 Å². The van der Waals surface area contributed by atoms with Crippen LogP contribution in [0.5, 0.6) is 11.5 Å². The number of nitrogens with one attached hydrogen (secondary N) is 1. The molecule has 1 N–H and O–H groups in total. The number of hydrogen-bond acceptors (Lipinski definition) is 6. The van der Waals surface area contributed by atoms with E-state index in [2.05, 4.69) is 10.3 Å². The minimum absolute atomic E-state index is 0.105. The molecule has 2 aromatic rings. The molecule has 1 aliphatic rings. The molecule has 0 aliphatic carbocycles. The van der Waals surface area contributed by atoms with E-state index in [4.69, 9.17) is 8.92 Å². The molecule has 122 valence electrons. The van der Waals surface area contributed by atoms with Crippen LogP contribution >= 0.6 is 0 Å². The average Bonchev–Trinajstić information content (AvgIpc) is 2.46. The monoisotopic (exact) mass is 334 g/mol.